The molecule has 4 aromatic rings. The molecule has 1 aromatic carbocycles. The Bertz CT molecular complexity index is 1220. The fraction of sp³-hybridized carbons (Fsp3) is 0.250. The zero-order valence-corrected chi connectivity index (χ0v) is 17.9. The molecule has 4 heterocycles. The maximum atomic E-state index is 12.7. The van der Waals surface area contributed by atoms with E-state index in [9.17, 15) is 4.79 Å². The largest absolute Gasteiger partial charge is 0.382 e. The smallest absolute Gasteiger partial charge is 0.237 e. The van der Waals surface area contributed by atoms with Crippen LogP contribution in [0.25, 0.3) is 20.3 Å². The van der Waals surface area contributed by atoms with E-state index in [1.807, 2.05) is 29.2 Å². The number of nitrogen functional groups attached to an aromatic ring is 1. The Morgan fingerprint density at radius 1 is 1.07 bits per heavy atom. The van der Waals surface area contributed by atoms with Gasteiger partial charge in [0.15, 0.2) is 0 Å². The van der Waals surface area contributed by atoms with Gasteiger partial charge in [0.2, 0.25) is 5.91 Å². The van der Waals surface area contributed by atoms with E-state index in [2.05, 4.69) is 20.9 Å². The molecular weight excluding hydrogens is 426 g/mol. The number of aromatic nitrogens is 2. The lowest BCUT2D eigenvalue weighted by Gasteiger charge is -2.33. The predicted molar refractivity (Wildman–Crippen MR) is 119 cm³/mol. The van der Waals surface area contributed by atoms with Crippen molar-refractivity contribution in [3.63, 3.8) is 0 Å². The van der Waals surface area contributed by atoms with Crippen molar-refractivity contribution in [2.75, 3.05) is 25.4 Å². The first-order valence-electron chi connectivity index (χ1n) is 9.22. The minimum Gasteiger partial charge on any atom is -0.382 e. The number of fused-ring (bicyclic) bond motifs is 2. The number of nitrogens with two attached hydrogens (primary N) is 1. The summed E-state index contributed by atoms with van der Waals surface area (Å²) in [5.41, 5.74) is 6.76. The minimum absolute atomic E-state index is 0.150. The number of hydrogen-bond donors (Lipinski definition) is 1. The summed E-state index contributed by atoms with van der Waals surface area (Å²) in [6.07, 6.45) is 1.47. The van der Waals surface area contributed by atoms with E-state index >= 15 is 0 Å². The number of halogens is 1. The van der Waals surface area contributed by atoms with E-state index in [0.29, 0.717) is 25.5 Å². The normalized spacial score (nSPS) is 15.6. The number of anilines is 1. The van der Waals surface area contributed by atoms with Crippen LogP contribution in [0.1, 0.15) is 9.75 Å². The minimum atomic E-state index is 0.150. The van der Waals surface area contributed by atoms with Crippen molar-refractivity contribution in [1.82, 2.24) is 19.8 Å². The molecule has 0 radical (unpaired) electrons. The van der Waals surface area contributed by atoms with Crippen LogP contribution in [0.5, 0.6) is 0 Å². The first-order chi connectivity index (χ1) is 14.0. The molecule has 0 spiro atoms. The molecule has 1 fully saturated rings. The number of piperazine rings is 1. The number of carbonyl (C=O) groups is 1. The topological polar surface area (TPSA) is 75.3 Å². The molecule has 0 unspecified atom stereocenters. The molecule has 0 aliphatic carbocycles. The van der Waals surface area contributed by atoms with Crippen molar-refractivity contribution in [3.05, 3.63) is 51.4 Å². The summed E-state index contributed by atoms with van der Waals surface area (Å²) in [6.45, 7) is 3.38. The van der Waals surface area contributed by atoms with Crippen molar-refractivity contribution >= 4 is 66.3 Å². The summed E-state index contributed by atoms with van der Waals surface area (Å²) in [7, 11) is 0. The third kappa shape index (κ3) is 3.81. The molecule has 5 rings (SSSR count). The van der Waals surface area contributed by atoms with Crippen LogP contribution in [0.2, 0.25) is 5.02 Å². The Balaban J connectivity index is 1.24. The SMILES string of the molecule is Nc1ncnc2cc(CN3CCN(Cc4cc5ccc(Cl)cc5s4)CC3=O)sc12. The molecule has 1 saturated heterocycles. The average molecular weight is 444 g/mol. The van der Waals surface area contributed by atoms with E-state index in [-0.39, 0.29) is 5.91 Å². The lowest BCUT2D eigenvalue weighted by atomic mass is 10.2. The van der Waals surface area contributed by atoms with Crippen LogP contribution >= 0.6 is 34.3 Å². The second-order valence-electron chi connectivity index (χ2n) is 7.11. The van der Waals surface area contributed by atoms with Crippen molar-refractivity contribution in [1.29, 1.82) is 0 Å². The molecule has 9 heteroatoms. The molecule has 0 atom stereocenters. The molecule has 0 saturated carbocycles. The van der Waals surface area contributed by atoms with Gasteiger partial charge in [-0.2, -0.15) is 0 Å². The highest BCUT2D eigenvalue weighted by Gasteiger charge is 2.25. The zero-order chi connectivity index (χ0) is 20.0. The fourth-order valence-electron chi connectivity index (χ4n) is 3.61. The summed E-state index contributed by atoms with van der Waals surface area (Å²) >= 11 is 9.39. The van der Waals surface area contributed by atoms with Gasteiger partial charge in [0.25, 0.3) is 0 Å². The van der Waals surface area contributed by atoms with Gasteiger partial charge in [0.1, 0.15) is 12.1 Å². The Kier molecular flexibility index (Phi) is 4.87. The Morgan fingerprint density at radius 2 is 1.93 bits per heavy atom. The van der Waals surface area contributed by atoms with E-state index < -0.39 is 0 Å². The summed E-state index contributed by atoms with van der Waals surface area (Å²) in [4.78, 5) is 27.5. The second-order valence-corrected chi connectivity index (χ2v) is 9.85. The van der Waals surface area contributed by atoms with Gasteiger partial charge in [-0.05, 0) is 29.7 Å². The number of amides is 1. The number of rotatable bonds is 4. The highest BCUT2D eigenvalue weighted by atomic mass is 35.5. The van der Waals surface area contributed by atoms with Crippen LogP contribution in [-0.4, -0.2) is 45.3 Å². The monoisotopic (exact) mass is 443 g/mol. The third-order valence-corrected chi connectivity index (χ3v) is 7.50. The summed E-state index contributed by atoms with van der Waals surface area (Å²) in [6, 6.07) is 10.1. The van der Waals surface area contributed by atoms with E-state index in [1.165, 1.54) is 21.3 Å². The Hall–Kier alpha value is -2.26. The zero-order valence-electron chi connectivity index (χ0n) is 15.5. The van der Waals surface area contributed by atoms with Gasteiger partial charge >= 0.3 is 0 Å². The molecule has 3 aromatic heterocycles. The summed E-state index contributed by atoms with van der Waals surface area (Å²) in [5, 5.41) is 1.95. The molecule has 6 nitrogen and oxygen atoms in total. The van der Waals surface area contributed by atoms with Crippen LogP contribution < -0.4 is 5.73 Å². The first-order valence-corrected chi connectivity index (χ1v) is 11.2. The van der Waals surface area contributed by atoms with Crippen LogP contribution in [0.4, 0.5) is 5.82 Å². The lowest BCUT2D eigenvalue weighted by molar-refractivity contribution is -0.136. The van der Waals surface area contributed by atoms with Gasteiger partial charge in [0, 0.05) is 39.1 Å². The highest BCUT2D eigenvalue weighted by molar-refractivity contribution is 7.19. The van der Waals surface area contributed by atoms with Gasteiger partial charge in [-0.15, -0.1) is 22.7 Å². The van der Waals surface area contributed by atoms with E-state index in [1.54, 1.807) is 22.7 Å². The van der Waals surface area contributed by atoms with E-state index in [0.717, 1.165) is 33.2 Å². The quantitative estimate of drug-likeness (QED) is 0.516. The molecule has 0 bridgehead atoms. The van der Waals surface area contributed by atoms with Gasteiger partial charge < -0.3 is 10.6 Å². The summed E-state index contributed by atoms with van der Waals surface area (Å²) in [5.74, 6) is 0.643. The second kappa shape index (κ2) is 7.53. The number of hydrogen-bond acceptors (Lipinski definition) is 7. The van der Waals surface area contributed by atoms with Crippen LogP contribution in [0, 0.1) is 0 Å². The molecule has 29 heavy (non-hydrogen) atoms. The number of benzene rings is 1. The molecule has 1 aliphatic heterocycles. The highest BCUT2D eigenvalue weighted by Crippen LogP contribution is 2.30. The van der Waals surface area contributed by atoms with Crippen LogP contribution in [0.3, 0.4) is 0 Å². The molecular formula is C20H18ClN5OS2. The van der Waals surface area contributed by atoms with Crippen molar-refractivity contribution < 1.29 is 4.79 Å². The average Bonchev–Trinajstić information content (AvgIpc) is 3.27. The number of thiophene rings is 2. The predicted octanol–water partition coefficient (Wildman–Crippen LogP) is 3.99. The van der Waals surface area contributed by atoms with Crippen molar-refractivity contribution in [2.45, 2.75) is 13.1 Å². The number of carbonyl (C=O) groups excluding carboxylic acids is 1. The van der Waals surface area contributed by atoms with Gasteiger partial charge in [0.05, 0.1) is 23.3 Å². The maximum absolute atomic E-state index is 12.7. The number of nitrogens with zero attached hydrogens (tertiary/aromatic N) is 4. The first kappa shape index (κ1) is 18.7. The van der Waals surface area contributed by atoms with E-state index in [4.69, 9.17) is 17.3 Å². The molecule has 1 amide bonds. The van der Waals surface area contributed by atoms with Crippen LogP contribution in [-0.2, 0) is 17.9 Å². The lowest BCUT2D eigenvalue weighted by Crippen LogP contribution is -2.49. The standard InChI is InChI=1S/C20H18ClN5OS2/c21-13-2-1-12-5-14(28-17(12)6-13)8-25-3-4-26(18(27)10-25)9-15-7-16-19(29-15)20(22)24-11-23-16/h1-2,5-7,11H,3-4,8-10H2,(H2,22,23,24). The van der Waals surface area contributed by atoms with Crippen LogP contribution in [0.15, 0.2) is 36.7 Å². The molecule has 148 valence electrons. The summed E-state index contributed by atoms with van der Waals surface area (Å²) < 4.78 is 2.07. The maximum Gasteiger partial charge on any atom is 0.237 e. The van der Waals surface area contributed by atoms with Crippen molar-refractivity contribution in [2.24, 2.45) is 0 Å². The molecule has 2 N–H and O–H groups in total. The Labute approximate surface area is 180 Å². The third-order valence-electron chi connectivity index (χ3n) is 5.05. The van der Waals surface area contributed by atoms with Gasteiger partial charge in [-0.3, -0.25) is 9.69 Å². The van der Waals surface area contributed by atoms with Gasteiger partial charge in [-0.25, -0.2) is 9.97 Å². The Morgan fingerprint density at radius 3 is 2.76 bits per heavy atom. The molecule has 1 aliphatic rings. The van der Waals surface area contributed by atoms with Crippen molar-refractivity contribution in [3.8, 4) is 0 Å². The van der Waals surface area contributed by atoms with Gasteiger partial charge in [-0.1, -0.05) is 17.7 Å². The fourth-order valence-corrected chi connectivity index (χ4v) is 6.02.